The molecule has 1 heterocycles. The van der Waals surface area contributed by atoms with Gasteiger partial charge in [-0.15, -0.1) is 0 Å². The molecule has 1 aliphatic heterocycles. The van der Waals surface area contributed by atoms with Gasteiger partial charge in [-0.2, -0.15) is 0 Å². The van der Waals surface area contributed by atoms with Gasteiger partial charge in [0.25, 0.3) is 0 Å². The van der Waals surface area contributed by atoms with Crippen LogP contribution in [0.25, 0.3) is 0 Å². The van der Waals surface area contributed by atoms with Gasteiger partial charge < -0.3 is 14.6 Å². The predicted molar refractivity (Wildman–Crippen MR) is 103 cm³/mol. The van der Waals surface area contributed by atoms with Crippen LogP contribution in [0, 0.1) is 11.8 Å². The molecule has 0 amide bonds. The number of phenols is 1. The van der Waals surface area contributed by atoms with Crippen LogP contribution in [0.15, 0.2) is 48.5 Å². The lowest BCUT2D eigenvalue weighted by molar-refractivity contribution is 0.0936. The normalized spacial score (nSPS) is 24.6. The van der Waals surface area contributed by atoms with Gasteiger partial charge in [-0.05, 0) is 73.2 Å². The van der Waals surface area contributed by atoms with E-state index >= 15 is 0 Å². The second-order valence-electron chi connectivity index (χ2n) is 7.57. The molecular weight excluding hydrogens is 342 g/mol. The van der Waals surface area contributed by atoms with Crippen LogP contribution in [0.1, 0.15) is 23.2 Å². The van der Waals surface area contributed by atoms with Gasteiger partial charge in [0.05, 0.1) is 19.8 Å². The third-order valence-electron chi connectivity index (χ3n) is 5.70. The Kier molecular flexibility index (Phi) is 5.03. The van der Waals surface area contributed by atoms with Crippen molar-refractivity contribution in [2.24, 2.45) is 11.8 Å². The lowest BCUT2D eigenvalue weighted by Gasteiger charge is -2.19. The van der Waals surface area contributed by atoms with Crippen molar-refractivity contribution < 1.29 is 19.4 Å². The summed E-state index contributed by atoms with van der Waals surface area (Å²) in [5.74, 6) is 3.22. The van der Waals surface area contributed by atoms with Crippen LogP contribution in [0.5, 0.6) is 17.2 Å². The van der Waals surface area contributed by atoms with Crippen molar-refractivity contribution >= 4 is 5.78 Å². The number of likely N-dealkylation sites (tertiary alicyclic amines) is 1. The number of aromatic hydroxyl groups is 1. The van der Waals surface area contributed by atoms with Crippen LogP contribution in [0.2, 0.25) is 0 Å². The van der Waals surface area contributed by atoms with Crippen molar-refractivity contribution in [3.63, 3.8) is 0 Å². The zero-order valence-corrected chi connectivity index (χ0v) is 15.5. The smallest absolute Gasteiger partial charge is 0.176 e. The number of carbonyl (C=O) groups excluding carboxylic acids is 1. The van der Waals surface area contributed by atoms with Crippen molar-refractivity contribution in [2.45, 2.75) is 18.9 Å². The van der Waals surface area contributed by atoms with Crippen LogP contribution < -0.4 is 9.47 Å². The Hall–Kier alpha value is -2.53. The van der Waals surface area contributed by atoms with E-state index in [1.165, 1.54) is 0 Å². The van der Waals surface area contributed by atoms with Gasteiger partial charge >= 0.3 is 0 Å². The van der Waals surface area contributed by atoms with E-state index in [2.05, 4.69) is 4.90 Å². The van der Waals surface area contributed by atoms with Gasteiger partial charge in [0.2, 0.25) is 0 Å². The second kappa shape index (κ2) is 7.61. The first-order chi connectivity index (χ1) is 13.1. The van der Waals surface area contributed by atoms with Crippen molar-refractivity contribution in [3.05, 3.63) is 54.1 Å². The molecule has 0 bridgehead atoms. The molecule has 142 valence electrons. The average molecular weight is 367 g/mol. The van der Waals surface area contributed by atoms with Crippen molar-refractivity contribution in [1.29, 1.82) is 0 Å². The van der Waals surface area contributed by atoms with Gasteiger partial charge in [0.1, 0.15) is 17.2 Å². The Morgan fingerprint density at radius 3 is 2.19 bits per heavy atom. The summed E-state index contributed by atoms with van der Waals surface area (Å²) in [7, 11) is 1.66. The SMILES string of the molecule is COc1ccc(OC2CC3CN(CC(=O)c4ccc(O)cc4)CC3C2)cc1. The Balaban J connectivity index is 1.27. The highest BCUT2D eigenvalue weighted by Gasteiger charge is 2.42. The lowest BCUT2D eigenvalue weighted by atomic mass is 10.0. The molecule has 1 saturated heterocycles. The van der Waals surface area contributed by atoms with Crippen LogP contribution in [-0.4, -0.2) is 48.6 Å². The Labute approximate surface area is 159 Å². The maximum atomic E-state index is 12.4. The topological polar surface area (TPSA) is 59.0 Å². The molecular formula is C22H25NO4. The highest BCUT2D eigenvalue weighted by Crippen LogP contribution is 2.39. The monoisotopic (exact) mass is 367 g/mol. The average Bonchev–Trinajstić information content (AvgIpc) is 3.20. The molecule has 1 N–H and O–H groups in total. The molecule has 0 radical (unpaired) electrons. The Bertz CT molecular complexity index is 773. The largest absolute Gasteiger partial charge is 0.508 e. The first kappa shape index (κ1) is 17.9. The zero-order valence-electron chi connectivity index (χ0n) is 15.5. The summed E-state index contributed by atoms with van der Waals surface area (Å²) in [5.41, 5.74) is 0.658. The van der Waals surface area contributed by atoms with E-state index in [9.17, 15) is 9.90 Å². The number of fused-ring (bicyclic) bond motifs is 1. The number of ketones is 1. The summed E-state index contributed by atoms with van der Waals surface area (Å²) in [4.78, 5) is 14.7. The number of ether oxygens (including phenoxy) is 2. The van der Waals surface area contributed by atoms with E-state index in [0.717, 1.165) is 37.4 Å². The first-order valence-electron chi connectivity index (χ1n) is 9.46. The molecule has 27 heavy (non-hydrogen) atoms. The summed E-state index contributed by atoms with van der Waals surface area (Å²) >= 11 is 0. The molecule has 2 aromatic rings. The quantitative estimate of drug-likeness (QED) is 0.794. The molecule has 4 rings (SSSR count). The van der Waals surface area contributed by atoms with E-state index in [1.54, 1.807) is 31.4 Å². The molecule has 2 unspecified atom stereocenters. The number of carbonyl (C=O) groups is 1. The van der Waals surface area contributed by atoms with E-state index < -0.39 is 0 Å². The van der Waals surface area contributed by atoms with Crippen molar-refractivity contribution in [3.8, 4) is 17.2 Å². The maximum absolute atomic E-state index is 12.4. The van der Waals surface area contributed by atoms with Crippen LogP contribution in [0.4, 0.5) is 0 Å². The summed E-state index contributed by atoms with van der Waals surface area (Å²) < 4.78 is 11.3. The molecule has 1 saturated carbocycles. The van der Waals surface area contributed by atoms with Crippen molar-refractivity contribution in [1.82, 2.24) is 4.90 Å². The second-order valence-corrected chi connectivity index (χ2v) is 7.57. The fraction of sp³-hybridized carbons (Fsp3) is 0.409. The van der Waals surface area contributed by atoms with E-state index in [4.69, 9.17) is 9.47 Å². The molecule has 2 atom stereocenters. The number of hydrogen-bond donors (Lipinski definition) is 1. The minimum Gasteiger partial charge on any atom is -0.508 e. The minimum absolute atomic E-state index is 0.112. The van der Waals surface area contributed by atoms with Gasteiger partial charge in [-0.1, -0.05) is 0 Å². The summed E-state index contributed by atoms with van der Waals surface area (Å²) in [6, 6.07) is 14.2. The number of rotatable bonds is 6. The van der Waals surface area contributed by atoms with E-state index in [0.29, 0.717) is 23.9 Å². The third-order valence-corrected chi connectivity index (χ3v) is 5.70. The Morgan fingerprint density at radius 1 is 1.00 bits per heavy atom. The highest BCUT2D eigenvalue weighted by atomic mass is 16.5. The molecule has 0 spiro atoms. The number of nitrogens with zero attached hydrogens (tertiary/aromatic N) is 1. The molecule has 5 nitrogen and oxygen atoms in total. The molecule has 2 aromatic carbocycles. The number of hydrogen-bond acceptors (Lipinski definition) is 5. The highest BCUT2D eigenvalue weighted by molar-refractivity contribution is 5.97. The number of benzene rings is 2. The van der Waals surface area contributed by atoms with Crippen LogP contribution >= 0.6 is 0 Å². The van der Waals surface area contributed by atoms with Gasteiger partial charge in [-0.25, -0.2) is 0 Å². The summed E-state index contributed by atoms with van der Waals surface area (Å²) in [5, 5.41) is 9.35. The number of methoxy groups -OCH3 is 1. The summed E-state index contributed by atoms with van der Waals surface area (Å²) in [6.45, 7) is 2.36. The van der Waals surface area contributed by atoms with Crippen LogP contribution in [0.3, 0.4) is 0 Å². The van der Waals surface area contributed by atoms with Crippen molar-refractivity contribution in [2.75, 3.05) is 26.7 Å². The number of phenolic OH excluding ortho intramolecular Hbond substituents is 1. The minimum atomic E-state index is 0.112. The van der Waals surface area contributed by atoms with Crippen LogP contribution in [-0.2, 0) is 0 Å². The maximum Gasteiger partial charge on any atom is 0.176 e. The first-order valence-corrected chi connectivity index (χ1v) is 9.46. The lowest BCUT2D eigenvalue weighted by Crippen LogP contribution is -2.30. The Morgan fingerprint density at radius 2 is 1.59 bits per heavy atom. The molecule has 5 heteroatoms. The standard InChI is InChI=1S/C22H25NO4/c1-26-19-6-8-20(9-7-19)27-21-10-16-12-23(13-17(16)11-21)14-22(25)15-2-4-18(24)5-3-15/h2-9,16-17,21,24H,10-14H2,1H3. The molecule has 1 aliphatic carbocycles. The molecule has 0 aromatic heterocycles. The zero-order chi connectivity index (χ0) is 18.8. The third kappa shape index (κ3) is 4.08. The predicted octanol–water partition coefficient (Wildman–Crippen LogP) is 3.37. The van der Waals surface area contributed by atoms with Gasteiger partial charge in [-0.3, -0.25) is 9.69 Å². The van der Waals surface area contributed by atoms with Gasteiger partial charge in [0, 0.05) is 18.7 Å². The van der Waals surface area contributed by atoms with E-state index in [1.807, 2.05) is 24.3 Å². The fourth-order valence-corrected chi connectivity index (χ4v) is 4.36. The summed E-state index contributed by atoms with van der Waals surface area (Å²) in [6.07, 6.45) is 2.34. The number of Topliss-reactive ketones (excluding diaryl/α,β-unsaturated/α-hetero) is 1. The van der Waals surface area contributed by atoms with E-state index in [-0.39, 0.29) is 17.6 Å². The molecule has 2 fully saturated rings. The molecule has 2 aliphatic rings. The fourth-order valence-electron chi connectivity index (χ4n) is 4.36. The van der Waals surface area contributed by atoms with Gasteiger partial charge in [0.15, 0.2) is 5.78 Å².